The van der Waals surface area contributed by atoms with E-state index in [1.807, 2.05) is 60.7 Å². The second-order valence-electron chi connectivity index (χ2n) is 7.08. The first-order chi connectivity index (χ1) is 13.0. The van der Waals surface area contributed by atoms with Gasteiger partial charge in [-0.05, 0) is 38.8 Å². The number of esters is 1. The lowest BCUT2D eigenvalue weighted by molar-refractivity contribution is -0.142. The number of carbonyl (C=O) groups is 1. The van der Waals surface area contributed by atoms with E-state index >= 15 is 0 Å². The maximum Gasteiger partial charge on any atom is 0.318 e. The van der Waals surface area contributed by atoms with Gasteiger partial charge in [-0.15, -0.1) is 0 Å². The van der Waals surface area contributed by atoms with E-state index in [2.05, 4.69) is 44.4 Å². The molecule has 2 aromatic carbocycles. The van der Waals surface area contributed by atoms with Crippen LogP contribution in [0.2, 0.25) is 0 Å². The molecule has 3 heteroatoms. The number of rotatable bonds is 7. The molecule has 0 saturated carbocycles. The fraction of sp³-hybridized carbons (Fsp3) is 0.375. The van der Waals surface area contributed by atoms with Gasteiger partial charge >= 0.3 is 5.97 Å². The summed E-state index contributed by atoms with van der Waals surface area (Å²) in [6.07, 6.45) is 0. The third-order valence-corrected chi connectivity index (χ3v) is 4.50. The summed E-state index contributed by atoms with van der Waals surface area (Å²) in [7, 11) is 0. The minimum absolute atomic E-state index is 0.110. The normalized spacial score (nSPS) is 11.0. The highest BCUT2D eigenvalue weighted by atomic mass is 16.5. The lowest BCUT2D eigenvalue weighted by atomic mass is 9.91. The third kappa shape index (κ3) is 6.27. The zero-order chi connectivity index (χ0) is 19.6. The van der Waals surface area contributed by atoms with Crippen LogP contribution in [0.25, 0.3) is 0 Å². The zero-order valence-corrected chi connectivity index (χ0v) is 16.7. The van der Waals surface area contributed by atoms with Crippen LogP contribution < -0.4 is 0 Å². The average molecular weight is 364 g/mol. The van der Waals surface area contributed by atoms with Gasteiger partial charge in [0.25, 0.3) is 0 Å². The molecule has 0 radical (unpaired) electrons. The Labute approximate surface area is 163 Å². The van der Waals surface area contributed by atoms with E-state index in [0.717, 1.165) is 11.1 Å². The summed E-state index contributed by atoms with van der Waals surface area (Å²) >= 11 is 0. The van der Waals surface area contributed by atoms with Gasteiger partial charge in [0.1, 0.15) is 5.92 Å². The van der Waals surface area contributed by atoms with Crippen LogP contribution in [0.3, 0.4) is 0 Å². The molecule has 0 saturated heterocycles. The summed E-state index contributed by atoms with van der Waals surface area (Å²) in [6.45, 7) is 9.42. The number of benzene rings is 2. The van der Waals surface area contributed by atoms with Crippen LogP contribution in [0.1, 0.15) is 44.7 Å². The van der Waals surface area contributed by atoms with E-state index in [1.165, 1.54) is 0 Å². The SMILES string of the molecule is CC(C)N(CC#CCOC(=O)C(c1ccccc1)c1ccccc1)C(C)C. The third-order valence-electron chi connectivity index (χ3n) is 4.50. The Bertz CT molecular complexity index is 710. The molecule has 0 aromatic heterocycles. The van der Waals surface area contributed by atoms with Crippen LogP contribution in [0.4, 0.5) is 0 Å². The molecule has 0 aliphatic heterocycles. The van der Waals surface area contributed by atoms with E-state index in [0.29, 0.717) is 18.6 Å². The molecule has 0 fully saturated rings. The first-order valence-corrected chi connectivity index (χ1v) is 9.48. The van der Waals surface area contributed by atoms with Crippen molar-refractivity contribution in [1.29, 1.82) is 0 Å². The van der Waals surface area contributed by atoms with Gasteiger partial charge in [0.15, 0.2) is 6.61 Å². The molecule has 0 spiro atoms. The highest BCUT2D eigenvalue weighted by Crippen LogP contribution is 2.25. The van der Waals surface area contributed by atoms with Gasteiger partial charge in [-0.25, -0.2) is 0 Å². The molecule has 0 N–H and O–H groups in total. The fourth-order valence-electron chi connectivity index (χ4n) is 3.11. The Morgan fingerprint density at radius 3 is 1.78 bits per heavy atom. The van der Waals surface area contributed by atoms with Crippen molar-refractivity contribution < 1.29 is 9.53 Å². The Hall–Kier alpha value is -2.57. The highest BCUT2D eigenvalue weighted by Gasteiger charge is 2.23. The van der Waals surface area contributed by atoms with Gasteiger partial charge in [-0.1, -0.05) is 72.5 Å². The van der Waals surface area contributed by atoms with Crippen LogP contribution in [0.5, 0.6) is 0 Å². The van der Waals surface area contributed by atoms with E-state index in [-0.39, 0.29) is 12.6 Å². The van der Waals surface area contributed by atoms with Crippen molar-refractivity contribution >= 4 is 5.97 Å². The smallest absolute Gasteiger partial charge is 0.318 e. The van der Waals surface area contributed by atoms with Gasteiger partial charge in [-0.3, -0.25) is 9.69 Å². The molecule has 0 heterocycles. The predicted molar refractivity (Wildman–Crippen MR) is 110 cm³/mol. The van der Waals surface area contributed by atoms with Gasteiger partial charge in [0.05, 0.1) is 6.54 Å². The van der Waals surface area contributed by atoms with Crippen LogP contribution in [-0.4, -0.2) is 36.1 Å². The van der Waals surface area contributed by atoms with Crippen molar-refractivity contribution in [3.63, 3.8) is 0 Å². The van der Waals surface area contributed by atoms with Crippen molar-refractivity contribution in [2.45, 2.75) is 45.7 Å². The van der Waals surface area contributed by atoms with Crippen LogP contribution >= 0.6 is 0 Å². The molecule has 27 heavy (non-hydrogen) atoms. The molecule has 2 aromatic rings. The highest BCUT2D eigenvalue weighted by molar-refractivity contribution is 5.82. The molecule has 2 rings (SSSR count). The van der Waals surface area contributed by atoms with Crippen molar-refractivity contribution in [2.24, 2.45) is 0 Å². The van der Waals surface area contributed by atoms with Gasteiger partial charge in [-0.2, -0.15) is 0 Å². The van der Waals surface area contributed by atoms with Crippen LogP contribution in [-0.2, 0) is 9.53 Å². The predicted octanol–water partition coefficient (Wildman–Crippen LogP) is 4.48. The van der Waals surface area contributed by atoms with E-state index in [1.54, 1.807) is 0 Å². The standard InChI is InChI=1S/C24H29NO2/c1-19(2)25(20(3)4)17-11-12-18-27-24(26)23(21-13-7-5-8-14-21)22-15-9-6-10-16-22/h5-10,13-16,19-20,23H,17-18H2,1-4H3. The lowest BCUT2D eigenvalue weighted by Crippen LogP contribution is -2.37. The fourth-order valence-corrected chi connectivity index (χ4v) is 3.11. The number of nitrogens with zero attached hydrogens (tertiary/aromatic N) is 1. The maximum atomic E-state index is 12.8. The molecule has 0 amide bonds. The molecule has 0 aliphatic carbocycles. The van der Waals surface area contributed by atoms with Crippen LogP contribution in [0, 0.1) is 11.8 Å². The number of ether oxygens (including phenoxy) is 1. The molecule has 0 atom stereocenters. The zero-order valence-electron chi connectivity index (χ0n) is 16.7. The second kappa shape index (κ2) is 10.5. The lowest BCUT2D eigenvalue weighted by Gasteiger charge is -2.28. The average Bonchev–Trinajstić information content (AvgIpc) is 2.66. The molecular formula is C24H29NO2. The number of hydrogen-bond donors (Lipinski definition) is 0. The Kier molecular flexibility index (Phi) is 8.10. The Morgan fingerprint density at radius 1 is 0.852 bits per heavy atom. The topological polar surface area (TPSA) is 29.5 Å². The van der Waals surface area contributed by atoms with E-state index in [4.69, 9.17) is 4.74 Å². The van der Waals surface area contributed by atoms with Gasteiger partial charge in [0.2, 0.25) is 0 Å². The van der Waals surface area contributed by atoms with Crippen LogP contribution in [0.15, 0.2) is 60.7 Å². The summed E-state index contributed by atoms with van der Waals surface area (Å²) in [5.41, 5.74) is 1.85. The first-order valence-electron chi connectivity index (χ1n) is 9.48. The maximum absolute atomic E-state index is 12.8. The van der Waals surface area contributed by atoms with Crippen molar-refractivity contribution in [3.05, 3.63) is 71.8 Å². The van der Waals surface area contributed by atoms with E-state index in [9.17, 15) is 4.79 Å². The Balaban J connectivity index is 2.03. The van der Waals surface area contributed by atoms with Crippen molar-refractivity contribution in [2.75, 3.05) is 13.2 Å². The van der Waals surface area contributed by atoms with Crippen molar-refractivity contribution in [3.8, 4) is 11.8 Å². The Morgan fingerprint density at radius 2 is 1.33 bits per heavy atom. The molecule has 0 aliphatic rings. The molecule has 0 unspecified atom stereocenters. The van der Waals surface area contributed by atoms with E-state index < -0.39 is 5.92 Å². The molecule has 142 valence electrons. The molecule has 3 nitrogen and oxygen atoms in total. The monoisotopic (exact) mass is 363 g/mol. The second-order valence-corrected chi connectivity index (χ2v) is 7.08. The number of hydrogen-bond acceptors (Lipinski definition) is 3. The van der Waals surface area contributed by atoms with Gasteiger partial charge < -0.3 is 4.74 Å². The summed E-state index contributed by atoms with van der Waals surface area (Å²) in [6, 6.07) is 20.3. The minimum Gasteiger partial charge on any atom is -0.452 e. The summed E-state index contributed by atoms with van der Waals surface area (Å²) < 4.78 is 5.48. The van der Waals surface area contributed by atoms with Crippen molar-refractivity contribution in [1.82, 2.24) is 4.90 Å². The largest absolute Gasteiger partial charge is 0.452 e. The van der Waals surface area contributed by atoms with Gasteiger partial charge in [0, 0.05) is 12.1 Å². The quantitative estimate of drug-likeness (QED) is 0.536. The number of carbonyl (C=O) groups excluding carboxylic acids is 1. The minimum atomic E-state index is -0.433. The first kappa shape index (κ1) is 20.7. The molecule has 0 bridgehead atoms. The summed E-state index contributed by atoms with van der Waals surface area (Å²) in [4.78, 5) is 15.1. The molecular weight excluding hydrogens is 334 g/mol. The summed E-state index contributed by atoms with van der Waals surface area (Å²) in [5.74, 6) is 5.40. The summed E-state index contributed by atoms with van der Waals surface area (Å²) in [5, 5.41) is 0.